The first-order chi connectivity index (χ1) is 10.1. The van der Waals surface area contributed by atoms with Crippen LogP contribution in [0, 0.1) is 6.92 Å². The van der Waals surface area contributed by atoms with E-state index in [2.05, 4.69) is 45.1 Å². The highest BCUT2D eigenvalue weighted by atomic mass is 16.5. The number of ether oxygens (including phenoxy) is 1. The summed E-state index contributed by atoms with van der Waals surface area (Å²) in [5.74, 6) is 1.56. The van der Waals surface area contributed by atoms with Crippen LogP contribution in [0.3, 0.4) is 0 Å². The van der Waals surface area contributed by atoms with Gasteiger partial charge < -0.3 is 4.74 Å². The number of morpholine rings is 1. The van der Waals surface area contributed by atoms with Gasteiger partial charge >= 0.3 is 0 Å². The zero-order valence-corrected chi connectivity index (χ0v) is 12.8. The Labute approximate surface area is 124 Å². The number of hydrogen-bond donors (Lipinski definition) is 1. The fraction of sp³-hybridized carbons (Fsp3) is 0.643. The molecule has 7 heteroatoms. The van der Waals surface area contributed by atoms with Crippen LogP contribution in [-0.2, 0) is 11.3 Å². The van der Waals surface area contributed by atoms with Gasteiger partial charge in [-0.05, 0) is 26.8 Å². The Hall–Kier alpha value is -1.73. The third kappa shape index (κ3) is 3.30. The highest BCUT2D eigenvalue weighted by molar-refractivity contribution is 5.01. The highest BCUT2D eigenvalue weighted by Gasteiger charge is 2.25. The molecule has 2 aromatic heterocycles. The van der Waals surface area contributed by atoms with Crippen LogP contribution in [0.15, 0.2) is 12.3 Å². The third-order valence-electron chi connectivity index (χ3n) is 3.63. The smallest absolute Gasteiger partial charge is 0.180 e. The van der Waals surface area contributed by atoms with Crippen LogP contribution in [0.4, 0.5) is 0 Å². The van der Waals surface area contributed by atoms with Crippen LogP contribution in [0.1, 0.15) is 43.3 Å². The summed E-state index contributed by atoms with van der Waals surface area (Å²) in [4.78, 5) is 6.71. The number of H-pyrrole nitrogens is 1. The highest BCUT2D eigenvalue weighted by Crippen LogP contribution is 2.20. The first-order valence-electron chi connectivity index (χ1n) is 7.38. The first-order valence-corrected chi connectivity index (χ1v) is 7.38. The summed E-state index contributed by atoms with van der Waals surface area (Å²) in [5, 5.41) is 11.7. The van der Waals surface area contributed by atoms with Crippen molar-refractivity contribution in [3.63, 3.8) is 0 Å². The SMILES string of the molecule is Cc1nc([C@H]2CN(Cc3ccn(C(C)C)n3)CCO2)n[nH]1. The summed E-state index contributed by atoms with van der Waals surface area (Å²) in [6.45, 7) is 9.41. The van der Waals surface area contributed by atoms with Gasteiger partial charge in [0, 0.05) is 31.9 Å². The lowest BCUT2D eigenvalue weighted by Gasteiger charge is -2.30. The van der Waals surface area contributed by atoms with E-state index in [0.717, 1.165) is 37.0 Å². The number of aromatic amines is 1. The largest absolute Gasteiger partial charge is 0.367 e. The molecule has 0 amide bonds. The number of nitrogens with one attached hydrogen (secondary N) is 1. The predicted molar refractivity (Wildman–Crippen MR) is 77.7 cm³/mol. The van der Waals surface area contributed by atoms with E-state index in [1.54, 1.807) is 0 Å². The van der Waals surface area contributed by atoms with Crippen molar-refractivity contribution in [1.82, 2.24) is 29.9 Å². The zero-order valence-electron chi connectivity index (χ0n) is 12.8. The summed E-state index contributed by atoms with van der Waals surface area (Å²) in [6.07, 6.45) is 1.98. The average Bonchev–Trinajstić information content (AvgIpc) is 3.08. The van der Waals surface area contributed by atoms with E-state index in [-0.39, 0.29) is 6.10 Å². The van der Waals surface area contributed by atoms with E-state index in [9.17, 15) is 0 Å². The lowest BCUT2D eigenvalue weighted by Crippen LogP contribution is -2.38. The fourth-order valence-corrected chi connectivity index (χ4v) is 2.48. The molecule has 1 aliphatic rings. The summed E-state index contributed by atoms with van der Waals surface area (Å²) >= 11 is 0. The van der Waals surface area contributed by atoms with Crippen molar-refractivity contribution in [2.45, 2.75) is 39.5 Å². The molecule has 0 aromatic carbocycles. The van der Waals surface area contributed by atoms with Gasteiger partial charge in [-0.1, -0.05) is 0 Å². The van der Waals surface area contributed by atoms with Crippen molar-refractivity contribution in [2.75, 3.05) is 19.7 Å². The van der Waals surface area contributed by atoms with Gasteiger partial charge in [0.15, 0.2) is 5.82 Å². The van der Waals surface area contributed by atoms with Crippen molar-refractivity contribution in [3.05, 3.63) is 29.6 Å². The van der Waals surface area contributed by atoms with E-state index in [1.807, 2.05) is 17.8 Å². The van der Waals surface area contributed by atoms with Crippen molar-refractivity contribution in [2.24, 2.45) is 0 Å². The van der Waals surface area contributed by atoms with Gasteiger partial charge in [0.25, 0.3) is 0 Å². The van der Waals surface area contributed by atoms with Crippen molar-refractivity contribution in [1.29, 1.82) is 0 Å². The normalized spacial score (nSPS) is 20.3. The van der Waals surface area contributed by atoms with E-state index >= 15 is 0 Å². The number of rotatable bonds is 4. The monoisotopic (exact) mass is 290 g/mol. The van der Waals surface area contributed by atoms with Gasteiger partial charge in [-0.2, -0.15) is 10.2 Å². The Morgan fingerprint density at radius 3 is 3.00 bits per heavy atom. The molecule has 0 radical (unpaired) electrons. The molecule has 1 fully saturated rings. The molecule has 114 valence electrons. The van der Waals surface area contributed by atoms with Crippen LogP contribution in [0.5, 0.6) is 0 Å². The second-order valence-electron chi connectivity index (χ2n) is 5.75. The molecule has 0 saturated carbocycles. The van der Waals surface area contributed by atoms with E-state index in [1.165, 1.54) is 0 Å². The molecular weight excluding hydrogens is 268 g/mol. The second kappa shape index (κ2) is 5.95. The van der Waals surface area contributed by atoms with Crippen LogP contribution in [-0.4, -0.2) is 49.6 Å². The minimum absolute atomic E-state index is 0.0594. The van der Waals surface area contributed by atoms with Crippen molar-refractivity contribution >= 4 is 0 Å². The van der Waals surface area contributed by atoms with E-state index in [4.69, 9.17) is 4.74 Å². The number of hydrogen-bond acceptors (Lipinski definition) is 5. The van der Waals surface area contributed by atoms with E-state index < -0.39 is 0 Å². The maximum atomic E-state index is 5.78. The van der Waals surface area contributed by atoms with Gasteiger partial charge in [0.1, 0.15) is 11.9 Å². The summed E-state index contributed by atoms with van der Waals surface area (Å²) in [7, 11) is 0. The summed E-state index contributed by atoms with van der Waals surface area (Å²) < 4.78 is 7.77. The molecule has 0 unspecified atom stereocenters. The third-order valence-corrected chi connectivity index (χ3v) is 3.63. The lowest BCUT2D eigenvalue weighted by atomic mass is 10.2. The molecule has 1 atom stereocenters. The molecule has 0 aliphatic carbocycles. The van der Waals surface area contributed by atoms with Crippen LogP contribution in [0.25, 0.3) is 0 Å². The topological polar surface area (TPSA) is 71.9 Å². The standard InChI is InChI=1S/C14H22N6O/c1-10(2)20-5-4-12(18-20)8-19-6-7-21-13(9-19)14-15-11(3)16-17-14/h4-5,10,13H,6-9H2,1-3H3,(H,15,16,17)/t13-/m1/s1. The summed E-state index contributed by atoms with van der Waals surface area (Å²) in [5.41, 5.74) is 1.09. The van der Waals surface area contributed by atoms with Gasteiger partial charge in [-0.25, -0.2) is 4.98 Å². The molecule has 3 heterocycles. The molecule has 0 spiro atoms. The van der Waals surface area contributed by atoms with E-state index in [0.29, 0.717) is 12.6 Å². The van der Waals surface area contributed by atoms with Crippen molar-refractivity contribution in [3.8, 4) is 0 Å². The maximum absolute atomic E-state index is 5.78. The van der Waals surface area contributed by atoms with Crippen LogP contribution < -0.4 is 0 Å². The second-order valence-corrected chi connectivity index (χ2v) is 5.75. The van der Waals surface area contributed by atoms with Gasteiger partial charge in [-0.15, -0.1) is 0 Å². The zero-order chi connectivity index (χ0) is 14.8. The molecular formula is C14H22N6O. The number of nitrogens with zero attached hydrogens (tertiary/aromatic N) is 5. The molecule has 1 aliphatic heterocycles. The molecule has 0 bridgehead atoms. The quantitative estimate of drug-likeness (QED) is 0.923. The van der Waals surface area contributed by atoms with Gasteiger partial charge in [0.2, 0.25) is 0 Å². The minimum atomic E-state index is -0.0594. The Morgan fingerprint density at radius 1 is 1.48 bits per heavy atom. The van der Waals surface area contributed by atoms with Crippen LogP contribution >= 0.6 is 0 Å². The van der Waals surface area contributed by atoms with Gasteiger partial charge in [-0.3, -0.25) is 14.7 Å². The molecule has 7 nitrogen and oxygen atoms in total. The average molecular weight is 290 g/mol. The predicted octanol–water partition coefficient (Wildman–Crippen LogP) is 1.46. The first kappa shape index (κ1) is 14.2. The van der Waals surface area contributed by atoms with Crippen LogP contribution in [0.2, 0.25) is 0 Å². The lowest BCUT2D eigenvalue weighted by molar-refractivity contribution is -0.0374. The molecule has 21 heavy (non-hydrogen) atoms. The van der Waals surface area contributed by atoms with Crippen molar-refractivity contribution < 1.29 is 4.74 Å². The number of aryl methyl sites for hydroxylation is 1. The maximum Gasteiger partial charge on any atom is 0.180 e. The Bertz CT molecular complexity index is 590. The molecule has 1 N–H and O–H groups in total. The molecule has 3 rings (SSSR count). The Balaban J connectivity index is 1.63. The number of aromatic nitrogens is 5. The van der Waals surface area contributed by atoms with Gasteiger partial charge in [0.05, 0.1) is 12.3 Å². The molecule has 1 saturated heterocycles. The Morgan fingerprint density at radius 2 is 2.33 bits per heavy atom. The fourth-order valence-electron chi connectivity index (χ4n) is 2.48. The Kier molecular flexibility index (Phi) is 4.03. The molecule has 2 aromatic rings. The minimum Gasteiger partial charge on any atom is -0.367 e. The summed E-state index contributed by atoms with van der Waals surface area (Å²) in [6, 6.07) is 2.48.